The second-order valence-electron chi connectivity index (χ2n) is 3.79. The number of benzene rings is 2. The molecule has 1 amide bonds. The SMILES string of the molecule is Nc1cc(NC(=O)c2cccc(Cl)c2F)ccc1Cl. The summed E-state index contributed by atoms with van der Waals surface area (Å²) in [6.45, 7) is 0. The number of nitrogens with one attached hydrogen (secondary N) is 1. The molecule has 2 aromatic carbocycles. The normalized spacial score (nSPS) is 10.3. The Morgan fingerprint density at radius 3 is 2.58 bits per heavy atom. The van der Waals surface area contributed by atoms with Crippen molar-refractivity contribution in [1.82, 2.24) is 0 Å². The second kappa shape index (κ2) is 5.47. The Morgan fingerprint density at radius 1 is 1.16 bits per heavy atom. The number of rotatable bonds is 2. The summed E-state index contributed by atoms with van der Waals surface area (Å²) in [5.74, 6) is -1.37. The summed E-state index contributed by atoms with van der Waals surface area (Å²) in [7, 11) is 0. The molecule has 0 atom stereocenters. The molecule has 3 nitrogen and oxygen atoms in total. The highest BCUT2D eigenvalue weighted by molar-refractivity contribution is 6.33. The third kappa shape index (κ3) is 2.97. The molecular formula is C13H9Cl2FN2O. The maximum absolute atomic E-state index is 13.7. The predicted octanol–water partition coefficient (Wildman–Crippen LogP) is 3.97. The van der Waals surface area contributed by atoms with Crippen molar-refractivity contribution in [2.45, 2.75) is 0 Å². The maximum Gasteiger partial charge on any atom is 0.258 e. The van der Waals surface area contributed by atoms with Gasteiger partial charge in [-0.2, -0.15) is 0 Å². The van der Waals surface area contributed by atoms with Gasteiger partial charge < -0.3 is 11.1 Å². The highest BCUT2D eigenvalue weighted by atomic mass is 35.5. The highest BCUT2D eigenvalue weighted by Crippen LogP contribution is 2.24. The van der Waals surface area contributed by atoms with Gasteiger partial charge in [0.25, 0.3) is 5.91 Å². The molecule has 6 heteroatoms. The lowest BCUT2D eigenvalue weighted by Crippen LogP contribution is -2.14. The topological polar surface area (TPSA) is 55.1 Å². The van der Waals surface area contributed by atoms with Crippen LogP contribution in [0.3, 0.4) is 0 Å². The van der Waals surface area contributed by atoms with Gasteiger partial charge >= 0.3 is 0 Å². The van der Waals surface area contributed by atoms with Crippen LogP contribution in [-0.4, -0.2) is 5.91 Å². The number of nitrogen functional groups attached to an aromatic ring is 1. The van der Waals surface area contributed by atoms with Crippen LogP contribution in [-0.2, 0) is 0 Å². The van der Waals surface area contributed by atoms with Crippen LogP contribution in [0, 0.1) is 5.82 Å². The van der Waals surface area contributed by atoms with Crippen LogP contribution in [0.2, 0.25) is 10.0 Å². The van der Waals surface area contributed by atoms with Crippen LogP contribution in [0.1, 0.15) is 10.4 Å². The van der Waals surface area contributed by atoms with Crippen molar-refractivity contribution in [1.29, 1.82) is 0 Å². The van der Waals surface area contributed by atoms with E-state index < -0.39 is 11.7 Å². The smallest absolute Gasteiger partial charge is 0.258 e. The molecule has 0 fully saturated rings. The number of carbonyl (C=O) groups excluding carboxylic acids is 1. The fraction of sp³-hybridized carbons (Fsp3) is 0. The lowest BCUT2D eigenvalue weighted by molar-refractivity contribution is 0.102. The average molecular weight is 299 g/mol. The second-order valence-corrected chi connectivity index (χ2v) is 4.61. The molecule has 0 radical (unpaired) electrons. The van der Waals surface area contributed by atoms with Gasteiger partial charge in [-0.25, -0.2) is 4.39 Å². The third-order valence-corrected chi connectivity index (χ3v) is 3.09. The van der Waals surface area contributed by atoms with Gasteiger partial charge in [0.2, 0.25) is 0 Å². The first-order valence-corrected chi connectivity index (χ1v) is 6.05. The van der Waals surface area contributed by atoms with Gasteiger partial charge in [0.1, 0.15) is 0 Å². The summed E-state index contributed by atoms with van der Waals surface area (Å²) in [5.41, 5.74) is 6.22. The monoisotopic (exact) mass is 298 g/mol. The number of hydrogen-bond acceptors (Lipinski definition) is 2. The molecule has 19 heavy (non-hydrogen) atoms. The highest BCUT2D eigenvalue weighted by Gasteiger charge is 2.14. The van der Waals surface area contributed by atoms with Gasteiger partial charge in [-0.3, -0.25) is 4.79 Å². The summed E-state index contributed by atoms with van der Waals surface area (Å²) in [6, 6.07) is 8.81. The van der Waals surface area contributed by atoms with Crippen molar-refractivity contribution in [2.24, 2.45) is 0 Å². The number of hydrogen-bond donors (Lipinski definition) is 2. The quantitative estimate of drug-likeness (QED) is 0.824. The van der Waals surface area contributed by atoms with Crippen molar-refractivity contribution in [3.8, 4) is 0 Å². The van der Waals surface area contributed by atoms with Crippen molar-refractivity contribution in [3.63, 3.8) is 0 Å². The van der Waals surface area contributed by atoms with E-state index in [1.54, 1.807) is 12.1 Å². The third-order valence-electron chi connectivity index (χ3n) is 2.45. The predicted molar refractivity (Wildman–Crippen MR) is 75.2 cm³/mol. The lowest BCUT2D eigenvalue weighted by Gasteiger charge is -2.08. The first-order valence-electron chi connectivity index (χ1n) is 5.29. The molecule has 0 heterocycles. The van der Waals surface area contributed by atoms with Crippen LogP contribution in [0.25, 0.3) is 0 Å². The minimum Gasteiger partial charge on any atom is -0.397 e. The van der Waals surface area contributed by atoms with Crippen molar-refractivity contribution >= 4 is 40.5 Å². The average Bonchev–Trinajstić information content (AvgIpc) is 2.37. The molecule has 0 spiro atoms. The number of halogens is 3. The van der Waals surface area contributed by atoms with Gasteiger partial charge in [0.05, 0.1) is 21.3 Å². The molecule has 0 saturated carbocycles. The minimum atomic E-state index is -0.761. The van der Waals surface area contributed by atoms with Crippen molar-refractivity contribution in [2.75, 3.05) is 11.1 Å². The molecule has 2 aromatic rings. The molecule has 3 N–H and O–H groups in total. The fourth-order valence-electron chi connectivity index (χ4n) is 1.50. The zero-order chi connectivity index (χ0) is 14.0. The summed E-state index contributed by atoms with van der Waals surface area (Å²) >= 11 is 11.4. The van der Waals surface area contributed by atoms with E-state index in [1.807, 2.05) is 0 Å². The Bertz CT molecular complexity index is 647. The molecule has 0 aliphatic carbocycles. The lowest BCUT2D eigenvalue weighted by atomic mass is 10.2. The van der Waals surface area contributed by atoms with Crippen molar-refractivity contribution in [3.05, 3.63) is 57.8 Å². The largest absolute Gasteiger partial charge is 0.397 e. The van der Waals surface area contributed by atoms with E-state index in [0.29, 0.717) is 16.4 Å². The first kappa shape index (κ1) is 13.6. The van der Waals surface area contributed by atoms with Crippen molar-refractivity contribution < 1.29 is 9.18 Å². The zero-order valence-corrected chi connectivity index (χ0v) is 11.1. The summed E-state index contributed by atoms with van der Waals surface area (Å²) in [5, 5.41) is 2.79. The Balaban J connectivity index is 2.26. The maximum atomic E-state index is 13.7. The Labute approximate surface area is 119 Å². The molecular weight excluding hydrogens is 290 g/mol. The van der Waals surface area contributed by atoms with E-state index in [1.165, 1.54) is 24.3 Å². The van der Waals surface area contributed by atoms with Gasteiger partial charge in [-0.1, -0.05) is 29.3 Å². The van der Waals surface area contributed by atoms with E-state index in [-0.39, 0.29) is 10.6 Å². The molecule has 0 aliphatic heterocycles. The Hall–Kier alpha value is -1.78. The van der Waals surface area contributed by atoms with Crippen LogP contribution in [0.4, 0.5) is 15.8 Å². The van der Waals surface area contributed by atoms with Gasteiger partial charge in [-0.05, 0) is 30.3 Å². The molecule has 0 saturated heterocycles. The molecule has 0 aliphatic rings. The molecule has 2 rings (SSSR count). The Kier molecular flexibility index (Phi) is 3.93. The minimum absolute atomic E-state index is 0.108. The van der Waals surface area contributed by atoms with Gasteiger partial charge in [0.15, 0.2) is 5.82 Å². The summed E-state index contributed by atoms with van der Waals surface area (Å²) in [4.78, 5) is 11.9. The number of carbonyl (C=O) groups is 1. The summed E-state index contributed by atoms with van der Waals surface area (Å²) in [6.07, 6.45) is 0. The van der Waals surface area contributed by atoms with Crippen LogP contribution in [0.5, 0.6) is 0 Å². The van der Waals surface area contributed by atoms with Crippen LogP contribution >= 0.6 is 23.2 Å². The van der Waals surface area contributed by atoms with E-state index in [0.717, 1.165) is 0 Å². The van der Waals surface area contributed by atoms with E-state index in [4.69, 9.17) is 28.9 Å². The van der Waals surface area contributed by atoms with E-state index in [2.05, 4.69) is 5.32 Å². The zero-order valence-electron chi connectivity index (χ0n) is 9.58. The summed E-state index contributed by atoms with van der Waals surface area (Å²) < 4.78 is 13.7. The molecule has 0 aromatic heterocycles. The Morgan fingerprint density at radius 2 is 1.89 bits per heavy atom. The standard InChI is InChI=1S/C13H9Cl2FN2O/c14-9-5-4-7(6-11(9)17)18-13(19)8-2-1-3-10(15)12(8)16/h1-6H,17H2,(H,18,19). The van der Waals surface area contributed by atoms with Gasteiger partial charge in [-0.15, -0.1) is 0 Å². The number of nitrogens with two attached hydrogens (primary N) is 1. The van der Waals surface area contributed by atoms with Crippen LogP contribution in [0.15, 0.2) is 36.4 Å². The van der Waals surface area contributed by atoms with E-state index >= 15 is 0 Å². The van der Waals surface area contributed by atoms with E-state index in [9.17, 15) is 9.18 Å². The fourth-order valence-corrected chi connectivity index (χ4v) is 1.79. The number of anilines is 2. The first-order chi connectivity index (χ1) is 8.99. The molecule has 0 unspecified atom stereocenters. The number of amides is 1. The van der Waals surface area contributed by atoms with Crippen LogP contribution < -0.4 is 11.1 Å². The molecule has 0 bridgehead atoms. The molecule has 98 valence electrons. The van der Waals surface area contributed by atoms with Gasteiger partial charge in [0, 0.05) is 5.69 Å².